The third kappa shape index (κ3) is 3.24. The lowest BCUT2D eigenvalue weighted by Gasteiger charge is -2.21. The summed E-state index contributed by atoms with van der Waals surface area (Å²) in [5.41, 5.74) is 3.40. The Labute approximate surface area is 156 Å². The summed E-state index contributed by atoms with van der Waals surface area (Å²) in [6.07, 6.45) is 4.14. The van der Waals surface area contributed by atoms with Crippen LogP contribution in [0.4, 0.5) is 0 Å². The van der Waals surface area contributed by atoms with E-state index in [1.165, 1.54) is 0 Å². The smallest absolute Gasteiger partial charge is 0.267 e. The molecule has 0 bridgehead atoms. The van der Waals surface area contributed by atoms with Crippen LogP contribution in [0.3, 0.4) is 0 Å². The summed E-state index contributed by atoms with van der Waals surface area (Å²) in [4.78, 5) is 17.2. The molecule has 128 valence electrons. The van der Waals surface area contributed by atoms with Crippen LogP contribution in [-0.2, 0) is 0 Å². The van der Waals surface area contributed by atoms with Gasteiger partial charge in [0.2, 0.25) is 0 Å². The van der Waals surface area contributed by atoms with E-state index < -0.39 is 0 Å². The molecule has 2 aromatic carbocycles. The molecule has 2 heterocycles. The topological polar surface area (TPSA) is 45.6 Å². The fourth-order valence-electron chi connectivity index (χ4n) is 3.06. The summed E-state index contributed by atoms with van der Waals surface area (Å²) in [6, 6.07) is 20.4. The van der Waals surface area contributed by atoms with Gasteiger partial charge in [-0.05, 0) is 41.5 Å². The standard InChI is InChI=1S/C21H16ClN3O/c22-18-10-8-15(9-11-18)19-13-20(17-7-4-12-23-14-17)25(24-19)21(26)16-5-2-1-3-6-16/h1-12,14,20H,13H2. The molecule has 1 aliphatic heterocycles. The molecule has 1 unspecified atom stereocenters. The Kier molecular flexibility index (Phi) is 4.50. The van der Waals surface area contributed by atoms with E-state index in [1.54, 1.807) is 29.5 Å². The maximum Gasteiger partial charge on any atom is 0.274 e. The summed E-state index contributed by atoms with van der Waals surface area (Å²) in [5, 5.41) is 6.89. The normalized spacial score (nSPS) is 16.4. The molecule has 1 atom stereocenters. The first-order valence-corrected chi connectivity index (χ1v) is 8.72. The van der Waals surface area contributed by atoms with Crippen LogP contribution in [-0.4, -0.2) is 21.6 Å². The fraction of sp³-hybridized carbons (Fsp3) is 0.0952. The SMILES string of the molecule is O=C(c1ccccc1)N1N=C(c2ccc(Cl)cc2)CC1c1cccnc1. The number of aromatic nitrogens is 1. The van der Waals surface area contributed by atoms with Crippen molar-refractivity contribution in [3.05, 3.63) is 101 Å². The Morgan fingerprint density at radius 2 is 1.77 bits per heavy atom. The number of carbonyl (C=O) groups excluding carboxylic acids is 1. The Bertz CT molecular complexity index is 940. The first-order chi connectivity index (χ1) is 12.7. The number of hydrogen-bond acceptors (Lipinski definition) is 3. The Morgan fingerprint density at radius 3 is 2.46 bits per heavy atom. The zero-order valence-corrected chi connectivity index (χ0v) is 14.7. The summed E-state index contributed by atoms with van der Waals surface area (Å²) in [7, 11) is 0. The Hall–Kier alpha value is -2.98. The molecule has 3 aromatic rings. The number of halogens is 1. The van der Waals surface area contributed by atoms with Crippen molar-refractivity contribution in [3.63, 3.8) is 0 Å². The van der Waals surface area contributed by atoms with E-state index >= 15 is 0 Å². The van der Waals surface area contributed by atoms with Gasteiger partial charge in [0.05, 0.1) is 11.8 Å². The van der Waals surface area contributed by atoms with E-state index in [9.17, 15) is 4.79 Å². The number of benzene rings is 2. The maximum atomic E-state index is 13.0. The number of rotatable bonds is 3. The molecule has 4 nitrogen and oxygen atoms in total. The third-order valence-electron chi connectivity index (χ3n) is 4.39. The van der Waals surface area contributed by atoms with Crippen molar-refractivity contribution in [2.45, 2.75) is 12.5 Å². The van der Waals surface area contributed by atoms with E-state index in [0.29, 0.717) is 17.0 Å². The minimum absolute atomic E-state index is 0.122. The van der Waals surface area contributed by atoms with Gasteiger partial charge in [-0.3, -0.25) is 9.78 Å². The molecule has 4 rings (SSSR count). The lowest BCUT2D eigenvalue weighted by atomic mass is 9.99. The van der Waals surface area contributed by atoms with Crippen molar-refractivity contribution < 1.29 is 4.79 Å². The molecule has 0 saturated heterocycles. The van der Waals surface area contributed by atoms with E-state index in [4.69, 9.17) is 11.6 Å². The molecule has 0 N–H and O–H groups in total. The number of amides is 1. The molecular formula is C21H16ClN3O. The average Bonchev–Trinajstić information content (AvgIpc) is 3.15. The van der Waals surface area contributed by atoms with E-state index in [0.717, 1.165) is 16.8 Å². The molecule has 1 amide bonds. The molecule has 0 saturated carbocycles. The van der Waals surface area contributed by atoms with Gasteiger partial charge in [0.1, 0.15) is 0 Å². The van der Waals surface area contributed by atoms with Crippen LogP contribution in [0.15, 0.2) is 84.2 Å². The molecule has 0 spiro atoms. The summed E-state index contributed by atoms with van der Waals surface area (Å²) in [5.74, 6) is -0.122. The number of pyridine rings is 1. The summed E-state index contributed by atoms with van der Waals surface area (Å²) < 4.78 is 0. The number of hydrazone groups is 1. The molecule has 0 fully saturated rings. The second-order valence-electron chi connectivity index (χ2n) is 6.08. The van der Waals surface area contributed by atoms with Crippen LogP contribution >= 0.6 is 11.6 Å². The average molecular weight is 362 g/mol. The van der Waals surface area contributed by atoms with Crippen molar-refractivity contribution in [2.24, 2.45) is 5.10 Å². The van der Waals surface area contributed by atoms with E-state index in [2.05, 4.69) is 10.1 Å². The lowest BCUT2D eigenvalue weighted by Crippen LogP contribution is -2.27. The van der Waals surface area contributed by atoms with Gasteiger partial charge >= 0.3 is 0 Å². The fourth-order valence-corrected chi connectivity index (χ4v) is 3.19. The Morgan fingerprint density at radius 1 is 1.00 bits per heavy atom. The first-order valence-electron chi connectivity index (χ1n) is 8.34. The highest BCUT2D eigenvalue weighted by Crippen LogP contribution is 2.33. The van der Waals surface area contributed by atoms with Gasteiger partial charge in [0, 0.05) is 29.4 Å². The Balaban J connectivity index is 1.72. The van der Waals surface area contributed by atoms with Crippen LogP contribution in [0.2, 0.25) is 5.02 Å². The molecule has 0 radical (unpaired) electrons. The second kappa shape index (κ2) is 7.10. The highest BCUT2D eigenvalue weighted by molar-refractivity contribution is 6.30. The summed E-state index contributed by atoms with van der Waals surface area (Å²) in [6.45, 7) is 0. The molecule has 1 aromatic heterocycles. The highest BCUT2D eigenvalue weighted by atomic mass is 35.5. The van der Waals surface area contributed by atoms with Gasteiger partial charge in [0.25, 0.3) is 5.91 Å². The zero-order valence-electron chi connectivity index (χ0n) is 13.9. The van der Waals surface area contributed by atoms with Crippen molar-refractivity contribution in [3.8, 4) is 0 Å². The minimum Gasteiger partial charge on any atom is -0.267 e. The van der Waals surface area contributed by atoms with Crippen molar-refractivity contribution in [1.29, 1.82) is 0 Å². The predicted molar refractivity (Wildman–Crippen MR) is 102 cm³/mol. The van der Waals surface area contributed by atoms with Gasteiger partial charge in [-0.2, -0.15) is 5.10 Å². The van der Waals surface area contributed by atoms with Crippen molar-refractivity contribution in [2.75, 3.05) is 0 Å². The third-order valence-corrected chi connectivity index (χ3v) is 4.64. The second-order valence-corrected chi connectivity index (χ2v) is 6.51. The predicted octanol–water partition coefficient (Wildman–Crippen LogP) is 4.73. The molecule has 0 aliphatic carbocycles. The van der Waals surface area contributed by atoms with Crippen LogP contribution in [0, 0.1) is 0 Å². The van der Waals surface area contributed by atoms with Crippen molar-refractivity contribution >= 4 is 23.2 Å². The van der Waals surface area contributed by atoms with Crippen LogP contribution < -0.4 is 0 Å². The van der Waals surface area contributed by atoms with E-state index in [-0.39, 0.29) is 11.9 Å². The zero-order chi connectivity index (χ0) is 17.9. The first kappa shape index (κ1) is 16.5. The van der Waals surface area contributed by atoms with Gasteiger partial charge in [-0.25, -0.2) is 5.01 Å². The van der Waals surface area contributed by atoms with Crippen LogP contribution in [0.5, 0.6) is 0 Å². The molecular weight excluding hydrogens is 346 g/mol. The van der Waals surface area contributed by atoms with Gasteiger partial charge in [-0.15, -0.1) is 0 Å². The monoisotopic (exact) mass is 361 g/mol. The minimum atomic E-state index is -0.179. The van der Waals surface area contributed by atoms with Gasteiger partial charge in [-0.1, -0.05) is 48.0 Å². The number of carbonyl (C=O) groups is 1. The lowest BCUT2D eigenvalue weighted by molar-refractivity contribution is 0.0711. The van der Waals surface area contributed by atoms with Crippen LogP contribution in [0.25, 0.3) is 0 Å². The molecule has 1 aliphatic rings. The molecule has 26 heavy (non-hydrogen) atoms. The summed E-state index contributed by atoms with van der Waals surface area (Å²) >= 11 is 5.99. The maximum absolute atomic E-state index is 13.0. The van der Waals surface area contributed by atoms with Gasteiger partial charge < -0.3 is 0 Å². The quantitative estimate of drug-likeness (QED) is 0.677. The highest BCUT2D eigenvalue weighted by Gasteiger charge is 2.33. The number of nitrogens with zero attached hydrogens (tertiary/aromatic N) is 3. The van der Waals surface area contributed by atoms with Gasteiger partial charge in [0.15, 0.2) is 0 Å². The number of hydrogen-bond donors (Lipinski definition) is 0. The van der Waals surface area contributed by atoms with E-state index in [1.807, 2.05) is 54.6 Å². The largest absolute Gasteiger partial charge is 0.274 e. The molecule has 5 heteroatoms. The van der Waals surface area contributed by atoms with Crippen LogP contribution in [0.1, 0.15) is 33.9 Å². The van der Waals surface area contributed by atoms with Crippen molar-refractivity contribution in [1.82, 2.24) is 9.99 Å².